The summed E-state index contributed by atoms with van der Waals surface area (Å²) in [6.45, 7) is 0.393. The normalized spacial score (nSPS) is 21.4. The van der Waals surface area contributed by atoms with E-state index in [4.69, 9.17) is 4.74 Å². The summed E-state index contributed by atoms with van der Waals surface area (Å²) in [5.41, 5.74) is 1.99. The van der Waals surface area contributed by atoms with Crippen molar-refractivity contribution in [2.24, 2.45) is 0 Å². The van der Waals surface area contributed by atoms with E-state index < -0.39 is 6.04 Å². The first-order valence-electron chi connectivity index (χ1n) is 9.15. The number of anilines is 1. The maximum atomic E-state index is 13.2. The largest absolute Gasteiger partial charge is 0.375 e. The molecule has 3 amide bonds. The van der Waals surface area contributed by atoms with Gasteiger partial charge in [-0.25, -0.2) is 0 Å². The zero-order chi connectivity index (χ0) is 19.7. The monoisotopic (exact) mass is 399 g/mol. The van der Waals surface area contributed by atoms with Gasteiger partial charge in [-0.15, -0.1) is 11.3 Å². The number of nitrogens with zero attached hydrogens (tertiary/aromatic N) is 1. The SMILES string of the molecule is COCC(=O)N[C@@H]1CCN2C(=O)c3cc(-c4cccs4)ccc3NC(=O)[C@@H]2C1. The van der Waals surface area contributed by atoms with E-state index >= 15 is 0 Å². The molecule has 8 heteroatoms. The number of amides is 3. The zero-order valence-corrected chi connectivity index (χ0v) is 16.3. The second kappa shape index (κ2) is 7.73. The van der Waals surface area contributed by atoms with Gasteiger partial charge in [0, 0.05) is 24.6 Å². The quantitative estimate of drug-likeness (QED) is 0.824. The molecule has 2 N–H and O–H groups in total. The van der Waals surface area contributed by atoms with Crippen LogP contribution in [0.1, 0.15) is 23.2 Å². The predicted molar refractivity (Wildman–Crippen MR) is 106 cm³/mol. The first kappa shape index (κ1) is 18.6. The predicted octanol–water partition coefficient (Wildman–Crippen LogP) is 2.10. The van der Waals surface area contributed by atoms with Crippen LogP contribution in [-0.4, -0.2) is 55.0 Å². The molecule has 0 unspecified atom stereocenters. The van der Waals surface area contributed by atoms with E-state index in [1.165, 1.54) is 7.11 Å². The average molecular weight is 399 g/mol. The highest BCUT2D eigenvalue weighted by atomic mass is 32.1. The number of rotatable bonds is 4. The molecular formula is C20H21N3O4S. The summed E-state index contributed by atoms with van der Waals surface area (Å²) in [6.07, 6.45) is 0.990. The fourth-order valence-corrected chi connectivity index (χ4v) is 4.51. The van der Waals surface area contributed by atoms with Crippen molar-refractivity contribution in [1.29, 1.82) is 0 Å². The Morgan fingerprint density at radius 2 is 2.21 bits per heavy atom. The summed E-state index contributed by atoms with van der Waals surface area (Å²) in [5, 5.41) is 7.75. The summed E-state index contributed by atoms with van der Waals surface area (Å²) in [4.78, 5) is 40.5. The molecule has 3 heterocycles. The van der Waals surface area contributed by atoms with Crippen LogP contribution in [0.25, 0.3) is 10.4 Å². The van der Waals surface area contributed by atoms with Crippen molar-refractivity contribution in [3.63, 3.8) is 0 Å². The van der Waals surface area contributed by atoms with Crippen molar-refractivity contribution in [1.82, 2.24) is 10.2 Å². The van der Waals surface area contributed by atoms with E-state index in [1.54, 1.807) is 22.3 Å². The number of ether oxygens (including phenoxy) is 1. The molecule has 28 heavy (non-hydrogen) atoms. The Kier molecular flexibility index (Phi) is 5.15. The van der Waals surface area contributed by atoms with Crippen molar-refractivity contribution >= 4 is 34.7 Å². The highest BCUT2D eigenvalue weighted by Gasteiger charge is 2.40. The van der Waals surface area contributed by atoms with Crippen LogP contribution in [0.4, 0.5) is 5.69 Å². The molecule has 0 bridgehead atoms. The Bertz CT molecular complexity index is 912. The van der Waals surface area contributed by atoms with E-state index in [9.17, 15) is 14.4 Å². The third kappa shape index (κ3) is 3.53. The molecule has 1 aromatic carbocycles. The van der Waals surface area contributed by atoms with Crippen molar-refractivity contribution in [2.75, 3.05) is 25.6 Å². The Morgan fingerprint density at radius 1 is 1.36 bits per heavy atom. The maximum absolute atomic E-state index is 13.2. The number of hydrogen-bond acceptors (Lipinski definition) is 5. The number of carbonyl (C=O) groups is 3. The molecule has 2 aliphatic rings. The molecule has 0 aliphatic carbocycles. The van der Waals surface area contributed by atoms with Crippen LogP contribution in [0.5, 0.6) is 0 Å². The highest BCUT2D eigenvalue weighted by molar-refractivity contribution is 7.13. The minimum absolute atomic E-state index is 0.0209. The van der Waals surface area contributed by atoms with Gasteiger partial charge >= 0.3 is 0 Å². The Labute approximate surface area is 166 Å². The number of benzene rings is 1. The van der Waals surface area contributed by atoms with Crippen molar-refractivity contribution in [3.05, 3.63) is 41.3 Å². The molecule has 146 valence electrons. The Balaban J connectivity index is 1.58. The number of thiophene rings is 1. The molecule has 2 atom stereocenters. The van der Waals surface area contributed by atoms with Gasteiger partial charge in [0.15, 0.2) is 0 Å². The summed E-state index contributed by atoms with van der Waals surface area (Å²) >= 11 is 1.60. The van der Waals surface area contributed by atoms with Crippen LogP contribution in [0.15, 0.2) is 35.7 Å². The maximum Gasteiger partial charge on any atom is 0.256 e. The number of nitrogens with one attached hydrogen (secondary N) is 2. The van der Waals surface area contributed by atoms with Crippen LogP contribution in [-0.2, 0) is 14.3 Å². The summed E-state index contributed by atoms with van der Waals surface area (Å²) in [7, 11) is 1.46. The van der Waals surface area contributed by atoms with Gasteiger partial charge in [0.2, 0.25) is 11.8 Å². The molecule has 2 aliphatic heterocycles. The van der Waals surface area contributed by atoms with Crippen LogP contribution in [0, 0.1) is 0 Å². The van der Waals surface area contributed by atoms with Gasteiger partial charge in [-0.3, -0.25) is 14.4 Å². The standard InChI is InChI=1S/C20H21N3O4S/c1-27-11-18(24)21-13-6-7-23-16(10-13)19(25)22-15-5-4-12(9-14(15)20(23)26)17-3-2-8-28-17/h2-5,8-9,13,16H,6-7,10-11H2,1H3,(H,21,24)(H,22,25)/t13-,16+/m1/s1. The van der Waals surface area contributed by atoms with Gasteiger partial charge in [0.1, 0.15) is 12.6 Å². The van der Waals surface area contributed by atoms with Gasteiger partial charge in [-0.05, 0) is 42.0 Å². The summed E-state index contributed by atoms with van der Waals surface area (Å²) in [5.74, 6) is -0.592. The summed E-state index contributed by atoms with van der Waals surface area (Å²) < 4.78 is 4.84. The van der Waals surface area contributed by atoms with Crippen LogP contribution < -0.4 is 10.6 Å². The molecule has 0 radical (unpaired) electrons. The van der Waals surface area contributed by atoms with Crippen LogP contribution in [0.3, 0.4) is 0 Å². The first-order valence-corrected chi connectivity index (χ1v) is 10.0. The van der Waals surface area contributed by atoms with E-state index in [2.05, 4.69) is 10.6 Å². The lowest BCUT2D eigenvalue weighted by Gasteiger charge is -2.37. The van der Waals surface area contributed by atoms with E-state index in [0.717, 1.165) is 10.4 Å². The summed E-state index contributed by atoms with van der Waals surface area (Å²) in [6, 6.07) is 8.75. The Morgan fingerprint density at radius 3 is 2.96 bits per heavy atom. The lowest BCUT2D eigenvalue weighted by molar-refractivity contribution is -0.127. The zero-order valence-electron chi connectivity index (χ0n) is 15.4. The average Bonchev–Trinajstić information content (AvgIpc) is 3.19. The fraction of sp³-hybridized carbons (Fsp3) is 0.350. The fourth-order valence-electron chi connectivity index (χ4n) is 3.79. The lowest BCUT2D eigenvalue weighted by atomic mass is 9.96. The van der Waals surface area contributed by atoms with E-state index in [-0.39, 0.29) is 30.4 Å². The minimum atomic E-state index is -0.605. The second-order valence-corrected chi connectivity index (χ2v) is 7.91. The number of methoxy groups -OCH3 is 1. The molecule has 7 nitrogen and oxygen atoms in total. The van der Waals surface area contributed by atoms with Gasteiger partial charge < -0.3 is 20.3 Å². The second-order valence-electron chi connectivity index (χ2n) is 6.96. The molecule has 0 spiro atoms. The smallest absolute Gasteiger partial charge is 0.256 e. The molecule has 1 fully saturated rings. The first-order chi connectivity index (χ1) is 13.6. The molecule has 1 saturated heterocycles. The number of piperidine rings is 1. The van der Waals surface area contributed by atoms with E-state index in [0.29, 0.717) is 30.6 Å². The van der Waals surface area contributed by atoms with Gasteiger partial charge in [-0.2, -0.15) is 0 Å². The molecular weight excluding hydrogens is 378 g/mol. The van der Waals surface area contributed by atoms with Gasteiger partial charge in [-0.1, -0.05) is 12.1 Å². The number of fused-ring (bicyclic) bond motifs is 2. The molecule has 0 saturated carbocycles. The molecule has 1 aromatic heterocycles. The minimum Gasteiger partial charge on any atom is -0.375 e. The number of hydrogen-bond donors (Lipinski definition) is 2. The Hall–Kier alpha value is -2.71. The third-order valence-electron chi connectivity index (χ3n) is 5.12. The van der Waals surface area contributed by atoms with Gasteiger partial charge in [0.25, 0.3) is 5.91 Å². The number of carbonyl (C=O) groups excluding carboxylic acids is 3. The molecule has 2 aromatic rings. The van der Waals surface area contributed by atoms with Crippen molar-refractivity contribution in [3.8, 4) is 10.4 Å². The third-order valence-corrected chi connectivity index (χ3v) is 6.04. The topological polar surface area (TPSA) is 87.7 Å². The van der Waals surface area contributed by atoms with Crippen LogP contribution in [0.2, 0.25) is 0 Å². The lowest BCUT2D eigenvalue weighted by Crippen LogP contribution is -2.55. The van der Waals surface area contributed by atoms with Gasteiger partial charge in [0.05, 0.1) is 11.3 Å². The van der Waals surface area contributed by atoms with Crippen molar-refractivity contribution < 1.29 is 19.1 Å². The van der Waals surface area contributed by atoms with E-state index in [1.807, 2.05) is 29.6 Å². The highest BCUT2D eigenvalue weighted by Crippen LogP contribution is 2.33. The van der Waals surface area contributed by atoms with Crippen LogP contribution >= 0.6 is 11.3 Å². The van der Waals surface area contributed by atoms with Crippen molar-refractivity contribution in [2.45, 2.75) is 24.9 Å². The molecule has 4 rings (SSSR count).